The lowest BCUT2D eigenvalue weighted by molar-refractivity contribution is -0.122. The molecule has 2 rings (SSSR count). The molecule has 1 heterocycles. The highest BCUT2D eigenvalue weighted by molar-refractivity contribution is 5.78. The van der Waals surface area contributed by atoms with Crippen molar-refractivity contribution in [3.63, 3.8) is 0 Å². The highest BCUT2D eigenvalue weighted by atomic mass is 16.2. The molecule has 0 aliphatic carbocycles. The molecule has 0 aliphatic heterocycles. The number of H-pyrrole nitrogens is 1. The lowest BCUT2D eigenvalue weighted by atomic mass is 10.0. The summed E-state index contributed by atoms with van der Waals surface area (Å²) < 4.78 is 0. The molecular weight excluding hydrogens is 290 g/mol. The predicted molar refractivity (Wildman–Crippen MR) is 89.9 cm³/mol. The molecule has 124 valence electrons. The van der Waals surface area contributed by atoms with E-state index in [0.29, 0.717) is 18.9 Å². The summed E-state index contributed by atoms with van der Waals surface area (Å²) in [4.78, 5) is 18.3. The number of amides is 1. The SMILES string of the molecule is Cc1nc(CN(C)CC(=O)NC(C)c2ccc(C)c(C)c2)n[nH]1. The molecule has 1 aromatic carbocycles. The summed E-state index contributed by atoms with van der Waals surface area (Å²) in [5, 5.41) is 9.92. The molecular formula is C17H25N5O. The first-order valence-electron chi connectivity index (χ1n) is 7.78. The number of likely N-dealkylation sites (N-methyl/N-ethyl adjacent to an activating group) is 1. The number of aromatic amines is 1. The van der Waals surface area contributed by atoms with Crippen LogP contribution in [-0.4, -0.2) is 39.6 Å². The number of carbonyl (C=O) groups is 1. The lowest BCUT2D eigenvalue weighted by Gasteiger charge is -2.19. The van der Waals surface area contributed by atoms with Gasteiger partial charge in [-0.2, -0.15) is 5.10 Å². The quantitative estimate of drug-likeness (QED) is 0.855. The maximum Gasteiger partial charge on any atom is 0.234 e. The molecule has 0 spiro atoms. The van der Waals surface area contributed by atoms with Crippen LogP contribution in [0.25, 0.3) is 0 Å². The number of hydrogen-bond donors (Lipinski definition) is 2. The van der Waals surface area contributed by atoms with E-state index in [-0.39, 0.29) is 11.9 Å². The summed E-state index contributed by atoms with van der Waals surface area (Å²) in [5.41, 5.74) is 3.61. The zero-order chi connectivity index (χ0) is 17.0. The fourth-order valence-corrected chi connectivity index (χ4v) is 2.41. The number of rotatable bonds is 6. The highest BCUT2D eigenvalue weighted by Crippen LogP contribution is 2.16. The Labute approximate surface area is 137 Å². The third-order valence-electron chi connectivity index (χ3n) is 3.88. The van der Waals surface area contributed by atoms with Crippen molar-refractivity contribution >= 4 is 5.91 Å². The molecule has 0 saturated heterocycles. The molecule has 6 nitrogen and oxygen atoms in total. The first-order chi connectivity index (χ1) is 10.8. The molecule has 0 bridgehead atoms. The van der Waals surface area contributed by atoms with E-state index >= 15 is 0 Å². The Morgan fingerprint density at radius 1 is 1.30 bits per heavy atom. The van der Waals surface area contributed by atoms with E-state index in [1.807, 2.05) is 25.8 Å². The van der Waals surface area contributed by atoms with Gasteiger partial charge in [0.05, 0.1) is 19.1 Å². The third-order valence-corrected chi connectivity index (χ3v) is 3.88. The van der Waals surface area contributed by atoms with Crippen LogP contribution in [-0.2, 0) is 11.3 Å². The van der Waals surface area contributed by atoms with Crippen molar-refractivity contribution in [1.82, 2.24) is 25.4 Å². The Balaban J connectivity index is 1.86. The van der Waals surface area contributed by atoms with Gasteiger partial charge in [-0.15, -0.1) is 0 Å². The van der Waals surface area contributed by atoms with Crippen molar-refractivity contribution in [2.45, 2.75) is 40.3 Å². The first kappa shape index (κ1) is 17.1. The molecule has 6 heteroatoms. The Morgan fingerprint density at radius 3 is 2.65 bits per heavy atom. The number of aryl methyl sites for hydroxylation is 3. The third kappa shape index (κ3) is 4.89. The van der Waals surface area contributed by atoms with Gasteiger partial charge in [-0.25, -0.2) is 4.98 Å². The van der Waals surface area contributed by atoms with Crippen LogP contribution in [0, 0.1) is 20.8 Å². The fourth-order valence-electron chi connectivity index (χ4n) is 2.41. The number of hydrogen-bond acceptors (Lipinski definition) is 4. The second-order valence-corrected chi connectivity index (χ2v) is 6.14. The zero-order valence-electron chi connectivity index (χ0n) is 14.5. The summed E-state index contributed by atoms with van der Waals surface area (Å²) in [5.74, 6) is 1.46. The zero-order valence-corrected chi connectivity index (χ0v) is 14.5. The van der Waals surface area contributed by atoms with Crippen LogP contribution >= 0.6 is 0 Å². The second-order valence-electron chi connectivity index (χ2n) is 6.14. The lowest BCUT2D eigenvalue weighted by Crippen LogP contribution is -2.36. The number of carbonyl (C=O) groups excluding carboxylic acids is 1. The van der Waals surface area contributed by atoms with E-state index in [4.69, 9.17) is 0 Å². The van der Waals surface area contributed by atoms with Crippen molar-refractivity contribution in [2.75, 3.05) is 13.6 Å². The van der Waals surface area contributed by atoms with E-state index < -0.39 is 0 Å². The van der Waals surface area contributed by atoms with E-state index in [0.717, 1.165) is 11.4 Å². The van der Waals surface area contributed by atoms with E-state index in [1.54, 1.807) is 0 Å². The van der Waals surface area contributed by atoms with E-state index in [9.17, 15) is 4.79 Å². The van der Waals surface area contributed by atoms with Gasteiger partial charge in [0, 0.05) is 0 Å². The normalized spacial score (nSPS) is 12.4. The van der Waals surface area contributed by atoms with Crippen LogP contribution in [0.5, 0.6) is 0 Å². The van der Waals surface area contributed by atoms with Gasteiger partial charge >= 0.3 is 0 Å². The number of benzene rings is 1. The molecule has 0 saturated carbocycles. The molecule has 0 radical (unpaired) electrons. The minimum atomic E-state index is -0.0130. The predicted octanol–water partition coefficient (Wildman–Crippen LogP) is 2.04. The van der Waals surface area contributed by atoms with E-state index in [1.165, 1.54) is 11.1 Å². The highest BCUT2D eigenvalue weighted by Gasteiger charge is 2.13. The Hall–Kier alpha value is -2.21. The Kier molecular flexibility index (Phi) is 5.50. The monoisotopic (exact) mass is 315 g/mol. The maximum absolute atomic E-state index is 12.2. The number of aromatic nitrogens is 3. The van der Waals surface area contributed by atoms with Gasteiger partial charge in [-0.3, -0.25) is 14.8 Å². The van der Waals surface area contributed by atoms with Crippen molar-refractivity contribution in [3.05, 3.63) is 46.5 Å². The van der Waals surface area contributed by atoms with Crippen molar-refractivity contribution in [1.29, 1.82) is 0 Å². The van der Waals surface area contributed by atoms with Crippen molar-refractivity contribution < 1.29 is 4.79 Å². The number of nitrogens with one attached hydrogen (secondary N) is 2. The van der Waals surface area contributed by atoms with Crippen LogP contribution in [0.1, 0.15) is 41.3 Å². The van der Waals surface area contributed by atoms with Crippen LogP contribution in [0.15, 0.2) is 18.2 Å². The molecule has 23 heavy (non-hydrogen) atoms. The first-order valence-corrected chi connectivity index (χ1v) is 7.78. The standard InChI is InChI=1S/C17H25N5O/c1-11-6-7-15(8-12(11)2)13(3)18-17(23)10-22(5)9-16-19-14(4)20-21-16/h6-8,13H,9-10H2,1-5H3,(H,18,23)(H,19,20,21). The molecule has 2 N–H and O–H groups in total. The van der Waals surface area contributed by atoms with Crippen molar-refractivity contribution in [3.8, 4) is 0 Å². The van der Waals surface area contributed by atoms with Crippen LogP contribution in [0.3, 0.4) is 0 Å². The summed E-state index contributed by atoms with van der Waals surface area (Å²) in [6.07, 6.45) is 0. The molecule has 1 aromatic heterocycles. The topological polar surface area (TPSA) is 73.9 Å². The van der Waals surface area contributed by atoms with Gasteiger partial charge in [0.2, 0.25) is 5.91 Å². The molecule has 2 aromatic rings. The average molecular weight is 315 g/mol. The largest absolute Gasteiger partial charge is 0.348 e. The van der Waals surface area contributed by atoms with Crippen LogP contribution in [0.2, 0.25) is 0 Å². The van der Waals surface area contributed by atoms with Crippen LogP contribution in [0.4, 0.5) is 0 Å². The summed E-state index contributed by atoms with van der Waals surface area (Å²) in [7, 11) is 1.88. The van der Waals surface area contributed by atoms with Crippen molar-refractivity contribution in [2.24, 2.45) is 0 Å². The molecule has 0 aliphatic rings. The average Bonchev–Trinajstić information content (AvgIpc) is 2.86. The smallest absolute Gasteiger partial charge is 0.234 e. The molecule has 0 fully saturated rings. The summed E-state index contributed by atoms with van der Waals surface area (Å²) in [6, 6.07) is 6.26. The van der Waals surface area contributed by atoms with Gasteiger partial charge in [0.1, 0.15) is 5.82 Å². The molecule has 1 amide bonds. The maximum atomic E-state index is 12.2. The number of nitrogens with zero attached hydrogens (tertiary/aromatic N) is 3. The second kappa shape index (κ2) is 7.37. The van der Waals surface area contributed by atoms with Gasteiger partial charge in [-0.05, 0) is 51.4 Å². The van der Waals surface area contributed by atoms with Gasteiger partial charge < -0.3 is 5.32 Å². The van der Waals surface area contributed by atoms with E-state index in [2.05, 4.69) is 52.5 Å². The van der Waals surface area contributed by atoms with Gasteiger partial charge in [-0.1, -0.05) is 18.2 Å². The molecule has 1 unspecified atom stereocenters. The van der Waals surface area contributed by atoms with Gasteiger partial charge in [0.25, 0.3) is 0 Å². The minimum Gasteiger partial charge on any atom is -0.348 e. The fraction of sp³-hybridized carbons (Fsp3) is 0.471. The Bertz CT molecular complexity index is 679. The van der Waals surface area contributed by atoms with Crippen LogP contribution < -0.4 is 5.32 Å². The summed E-state index contributed by atoms with van der Waals surface area (Å²) >= 11 is 0. The van der Waals surface area contributed by atoms with Gasteiger partial charge in [0.15, 0.2) is 5.82 Å². The minimum absolute atomic E-state index is 0.00881. The molecule has 1 atom stereocenters. The summed E-state index contributed by atoms with van der Waals surface area (Å²) in [6.45, 7) is 8.87. The Morgan fingerprint density at radius 2 is 2.04 bits per heavy atom.